The molecule has 0 radical (unpaired) electrons. The van der Waals surface area contributed by atoms with E-state index < -0.39 is 30.8 Å². The van der Waals surface area contributed by atoms with Gasteiger partial charge in [-0.05, 0) is 0 Å². The van der Waals surface area contributed by atoms with Crippen molar-refractivity contribution < 1.29 is 29.6 Å². The number of rotatable bonds is 7. The number of hydrogen-bond donors (Lipinski definition) is 4. The summed E-state index contributed by atoms with van der Waals surface area (Å²) in [5.74, 6) is -1.33. The summed E-state index contributed by atoms with van der Waals surface area (Å²) >= 11 is 0. The zero-order valence-electron chi connectivity index (χ0n) is 9.79. The normalized spacial score (nSPS) is 13.9. The van der Waals surface area contributed by atoms with Crippen LogP contribution in [0, 0.1) is 0 Å². The van der Waals surface area contributed by atoms with E-state index >= 15 is 0 Å². The molecular formula is C9H18N2O6. The lowest BCUT2D eigenvalue weighted by molar-refractivity contribution is -0.140. The van der Waals surface area contributed by atoms with Crippen LogP contribution in [0.15, 0.2) is 0 Å². The number of amides is 2. The number of carboxylic acid groups (broad SMARTS) is 1. The van der Waals surface area contributed by atoms with Gasteiger partial charge in [0.2, 0.25) is 0 Å². The number of hydrogen-bond acceptors (Lipinski definition) is 5. The van der Waals surface area contributed by atoms with Gasteiger partial charge in [-0.25, -0.2) is 9.59 Å². The second kappa shape index (κ2) is 7.82. The fourth-order valence-corrected chi connectivity index (χ4v) is 1.09. The number of aliphatic hydroxyl groups excluding tert-OH is 2. The molecule has 0 aliphatic heterocycles. The summed E-state index contributed by atoms with van der Waals surface area (Å²) in [6.45, 7) is -0.632. The molecule has 0 aliphatic carbocycles. The van der Waals surface area contributed by atoms with Crippen molar-refractivity contribution in [2.24, 2.45) is 0 Å². The van der Waals surface area contributed by atoms with Gasteiger partial charge >= 0.3 is 12.0 Å². The number of ether oxygens (including phenoxy) is 1. The number of carbonyl (C=O) groups excluding carboxylic acids is 1. The number of urea groups is 1. The van der Waals surface area contributed by atoms with E-state index in [-0.39, 0.29) is 13.2 Å². The molecule has 100 valence electrons. The van der Waals surface area contributed by atoms with E-state index in [9.17, 15) is 14.7 Å². The van der Waals surface area contributed by atoms with E-state index in [1.54, 1.807) is 0 Å². The third kappa shape index (κ3) is 6.05. The van der Waals surface area contributed by atoms with Crippen LogP contribution in [-0.2, 0) is 9.53 Å². The lowest BCUT2D eigenvalue weighted by Gasteiger charge is -2.22. The van der Waals surface area contributed by atoms with E-state index in [0.717, 1.165) is 4.90 Å². The first-order valence-electron chi connectivity index (χ1n) is 4.94. The van der Waals surface area contributed by atoms with Crippen LogP contribution in [-0.4, -0.2) is 78.3 Å². The first-order chi connectivity index (χ1) is 7.92. The number of aliphatic carboxylic acids is 1. The largest absolute Gasteiger partial charge is 0.480 e. The van der Waals surface area contributed by atoms with Crippen molar-refractivity contribution in [2.45, 2.75) is 12.1 Å². The van der Waals surface area contributed by atoms with Gasteiger partial charge < -0.3 is 30.3 Å². The quantitative estimate of drug-likeness (QED) is 0.418. The highest BCUT2D eigenvalue weighted by Gasteiger charge is 2.21. The standard InChI is InChI=1S/C9H18N2O6/c1-11(3-6(13)5-17-2)9(16)10-7(4-12)8(14)15/h6-7,12-13H,3-5H2,1-2H3,(H,10,16)(H,14,15)/t6?,7-/m0/s1. The Bertz CT molecular complexity index is 260. The zero-order valence-corrected chi connectivity index (χ0v) is 9.79. The summed E-state index contributed by atoms with van der Waals surface area (Å²) < 4.78 is 4.68. The lowest BCUT2D eigenvalue weighted by atomic mass is 10.3. The van der Waals surface area contributed by atoms with Crippen molar-refractivity contribution in [2.75, 3.05) is 33.9 Å². The smallest absolute Gasteiger partial charge is 0.328 e. The summed E-state index contributed by atoms with van der Waals surface area (Å²) in [6, 6.07) is -2.05. The molecule has 0 saturated heterocycles. The Morgan fingerprint density at radius 2 is 2.06 bits per heavy atom. The monoisotopic (exact) mass is 250 g/mol. The van der Waals surface area contributed by atoms with Crippen molar-refractivity contribution in [1.82, 2.24) is 10.2 Å². The van der Waals surface area contributed by atoms with E-state index in [1.807, 2.05) is 0 Å². The molecule has 0 heterocycles. The summed E-state index contributed by atoms with van der Waals surface area (Å²) in [5, 5.41) is 28.8. The Balaban J connectivity index is 4.16. The van der Waals surface area contributed by atoms with Gasteiger partial charge in [0.1, 0.15) is 0 Å². The molecule has 0 rings (SSSR count). The van der Waals surface area contributed by atoms with E-state index in [1.165, 1.54) is 14.2 Å². The topological polar surface area (TPSA) is 119 Å². The van der Waals surface area contributed by atoms with Crippen molar-refractivity contribution in [3.63, 3.8) is 0 Å². The summed E-state index contributed by atoms with van der Waals surface area (Å²) in [7, 11) is 2.81. The molecule has 0 saturated carbocycles. The summed E-state index contributed by atoms with van der Waals surface area (Å²) in [5.41, 5.74) is 0. The molecule has 0 aliphatic rings. The highest BCUT2D eigenvalue weighted by molar-refractivity contribution is 5.82. The van der Waals surface area contributed by atoms with Crippen LogP contribution < -0.4 is 5.32 Å². The minimum absolute atomic E-state index is 0.00254. The molecule has 0 spiro atoms. The molecule has 17 heavy (non-hydrogen) atoms. The van der Waals surface area contributed by atoms with Gasteiger partial charge in [-0.3, -0.25) is 0 Å². The third-order valence-corrected chi connectivity index (χ3v) is 1.97. The number of carbonyl (C=O) groups is 2. The number of likely N-dealkylation sites (N-methyl/N-ethyl adjacent to an activating group) is 1. The average molecular weight is 250 g/mol. The van der Waals surface area contributed by atoms with E-state index in [2.05, 4.69) is 10.1 Å². The maximum absolute atomic E-state index is 11.4. The molecule has 2 amide bonds. The Hall–Kier alpha value is -1.38. The van der Waals surface area contributed by atoms with Gasteiger partial charge in [0.15, 0.2) is 6.04 Å². The Morgan fingerprint density at radius 1 is 1.47 bits per heavy atom. The van der Waals surface area contributed by atoms with Crippen LogP contribution in [0.2, 0.25) is 0 Å². The maximum atomic E-state index is 11.4. The Kier molecular flexibility index (Phi) is 7.19. The molecule has 0 aromatic heterocycles. The molecular weight excluding hydrogens is 232 g/mol. The van der Waals surface area contributed by atoms with Crippen LogP contribution in [0.4, 0.5) is 4.79 Å². The number of nitrogens with zero attached hydrogens (tertiary/aromatic N) is 1. The fraction of sp³-hybridized carbons (Fsp3) is 0.778. The van der Waals surface area contributed by atoms with E-state index in [4.69, 9.17) is 10.2 Å². The molecule has 0 fully saturated rings. The molecule has 0 aromatic carbocycles. The molecule has 0 bridgehead atoms. The van der Waals surface area contributed by atoms with Gasteiger partial charge in [0.25, 0.3) is 0 Å². The zero-order chi connectivity index (χ0) is 13.4. The second-order valence-electron chi connectivity index (χ2n) is 3.51. The maximum Gasteiger partial charge on any atom is 0.328 e. The summed E-state index contributed by atoms with van der Waals surface area (Å²) in [6.07, 6.45) is -0.854. The van der Waals surface area contributed by atoms with Crippen molar-refractivity contribution in [3.05, 3.63) is 0 Å². The SMILES string of the molecule is COCC(O)CN(C)C(=O)N[C@@H](CO)C(=O)O. The van der Waals surface area contributed by atoms with Crippen LogP contribution in [0.1, 0.15) is 0 Å². The highest BCUT2D eigenvalue weighted by atomic mass is 16.5. The average Bonchev–Trinajstić information content (AvgIpc) is 2.25. The Morgan fingerprint density at radius 3 is 2.47 bits per heavy atom. The van der Waals surface area contributed by atoms with Crippen molar-refractivity contribution in [1.29, 1.82) is 0 Å². The van der Waals surface area contributed by atoms with Crippen LogP contribution in [0.25, 0.3) is 0 Å². The molecule has 0 aromatic rings. The molecule has 8 nitrogen and oxygen atoms in total. The molecule has 1 unspecified atom stereocenters. The fourth-order valence-electron chi connectivity index (χ4n) is 1.09. The minimum Gasteiger partial charge on any atom is -0.480 e. The van der Waals surface area contributed by atoms with Crippen molar-refractivity contribution in [3.8, 4) is 0 Å². The van der Waals surface area contributed by atoms with E-state index in [0.29, 0.717) is 0 Å². The second-order valence-corrected chi connectivity index (χ2v) is 3.51. The number of nitrogens with one attached hydrogen (secondary N) is 1. The first-order valence-corrected chi connectivity index (χ1v) is 4.94. The Labute approximate surface area is 98.8 Å². The van der Waals surface area contributed by atoms with Gasteiger partial charge in [-0.2, -0.15) is 0 Å². The molecule has 8 heteroatoms. The van der Waals surface area contributed by atoms with Gasteiger partial charge in [0.05, 0.1) is 25.9 Å². The lowest BCUT2D eigenvalue weighted by Crippen LogP contribution is -2.50. The van der Waals surface area contributed by atoms with Gasteiger partial charge in [-0.15, -0.1) is 0 Å². The third-order valence-electron chi connectivity index (χ3n) is 1.97. The molecule has 2 atom stereocenters. The van der Waals surface area contributed by atoms with Crippen molar-refractivity contribution >= 4 is 12.0 Å². The number of aliphatic hydroxyl groups is 2. The van der Waals surface area contributed by atoms with Gasteiger partial charge in [0, 0.05) is 14.2 Å². The molecule has 4 N–H and O–H groups in total. The number of methoxy groups -OCH3 is 1. The van der Waals surface area contributed by atoms with Crippen LogP contribution in [0.3, 0.4) is 0 Å². The van der Waals surface area contributed by atoms with Crippen LogP contribution in [0.5, 0.6) is 0 Å². The van der Waals surface area contributed by atoms with Gasteiger partial charge in [-0.1, -0.05) is 0 Å². The number of carboxylic acids is 1. The highest BCUT2D eigenvalue weighted by Crippen LogP contribution is 1.93. The first kappa shape index (κ1) is 15.6. The minimum atomic E-state index is -1.36. The predicted octanol–water partition coefficient (Wildman–Crippen LogP) is -1.92. The predicted molar refractivity (Wildman–Crippen MR) is 57.6 cm³/mol. The van der Waals surface area contributed by atoms with Crippen LogP contribution >= 0.6 is 0 Å². The summed E-state index contributed by atoms with van der Waals surface area (Å²) in [4.78, 5) is 23.1.